The second kappa shape index (κ2) is 8.90. The average Bonchev–Trinajstić information content (AvgIpc) is 2.60. The molecule has 0 aliphatic carbocycles. The molecule has 26 heavy (non-hydrogen) atoms. The molecule has 2 rings (SSSR count). The summed E-state index contributed by atoms with van der Waals surface area (Å²) in [6.45, 7) is -1.15. The molecule has 2 aromatic rings. The third-order valence-corrected chi connectivity index (χ3v) is 3.64. The van der Waals surface area contributed by atoms with Gasteiger partial charge < -0.3 is 14.8 Å². The Morgan fingerprint density at radius 3 is 2.58 bits per heavy atom. The molecule has 0 saturated carbocycles. The molecule has 8 nitrogen and oxygen atoms in total. The van der Waals surface area contributed by atoms with Crippen LogP contribution >= 0.6 is 15.9 Å². The Bertz CT molecular complexity index is 845. The number of esters is 1. The van der Waals surface area contributed by atoms with Crippen LogP contribution in [-0.4, -0.2) is 30.0 Å². The SMILES string of the molecule is O=C(COC(=O)COc1ccccc1F)Nc1ccc([N+](=O)[O-])cc1Br. The van der Waals surface area contributed by atoms with Gasteiger partial charge in [-0.2, -0.15) is 0 Å². The molecule has 0 unspecified atom stereocenters. The van der Waals surface area contributed by atoms with Crippen molar-refractivity contribution in [2.45, 2.75) is 0 Å². The van der Waals surface area contributed by atoms with Gasteiger partial charge in [-0.15, -0.1) is 0 Å². The Balaban J connectivity index is 1.80. The van der Waals surface area contributed by atoms with Crippen LogP contribution in [0.5, 0.6) is 5.75 Å². The lowest BCUT2D eigenvalue weighted by atomic mass is 10.3. The fourth-order valence-corrected chi connectivity index (χ4v) is 2.26. The summed E-state index contributed by atoms with van der Waals surface area (Å²) in [4.78, 5) is 33.4. The number of nitro groups is 1. The maximum absolute atomic E-state index is 13.3. The molecule has 0 saturated heterocycles. The van der Waals surface area contributed by atoms with Crippen molar-refractivity contribution < 1.29 is 28.4 Å². The predicted octanol–water partition coefficient (Wildman–Crippen LogP) is 3.06. The number of hydrogen-bond acceptors (Lipinski definition) is 6. The minimum absolute atomic E-state index is 0.108. The number of carbonyl (C=O) groups is 2. The van der Waals surface area contributed by atoms with Gasteiger partial charge in [0.15, 0.2) is 24.8 Å². The van der Waals surface area contributed by atoms with E-state index >= 15 is 0 Å². The largest absolute Gasteiger partial charge is 0.479 e. The van der Waals surface area contributed by atoms with E-state index in [1.54, 1.807) is 6.07 Å². The molecule has 136 valence electrons. The molecule has 0 atom stereocenters. The number of amides is 1. The molecule has 0 bridgehead atoms. The van der Waals surface area contributed by atoms with Gasteiger partial charge in [-0.05, 0) is 34.1 Å². The summed E-state index contributed by atoms with van der Waals surface area (Å²) >= 11 is 3.10. The lowest BCUT2D eigenvalue weighted by Gasteiger charge is -2.09. The van der Waals surface area contributed by atoms with Crippen molar-refractivity contribution in [3.63, 3.8) is 0 Å². The highest BCUT2D eigenvalue weighted by atomic mass is 79.9. The zero-order valence-corrected chi connectivity index (χ0v) is 14.7. The van der Waals surface area contributed by atoms with Gasteiger partial charge >= 0.3 is 5.97 Å². The number of anilines is 1. The Morgan fingerprint density at radius 2 is 1.92 bits per heavy atom. The maximum atomic E-state index is 13.3. The van der Waals surface area contributed by atoms with Crippen LogP contribution in [0.2, 0.25) is 0 Å². The van der Waals surface area contributed by atoms with Crippen molar-refractivity contribution >= 4 is 39.2 Å². The van der Waals surface area contributed by atoms with E-state index in [2.05, 4.69) is 21.2 Å². The number of non-ortho nitro benzene ring substituents is 1. The highest BCUT2D eigenvalue weighted by Crippen LogP contribution is 2.27. The molecular weight excluding hydrogens is 415 g/mol. The highest BCUT2D eigenvalue weighted by molar-refractivity contribution is 9.10. The molecule has 0 heterocycles. The van der Waals surface area contributed by atoms with Crippen LogP contribution < -0.4 is 10.1 Å². The zero-order valence-electron chi connectivity index (χ0n) is 13.1. The first-order valence-corrected chi connectivity index (χ1v) is 7.93. The Morgan fingerprint density at radius 1 is 1.19 bits per heavy atom. The number of hydrogen-bond donors (Lipinski definition) is 1. The minimum atomic E-state index is -0.855. The monoisotopic (exact) mass is 426 g/mol. The van der Waals surface area contributed by atoms with Crippen LogP contribution in [0.15, 0.2) is 46.9 Å². The molecular formula is C16H12BrFN2O6. The van der Waals surface area contributed by atoms with Gasteiger partial charge in [0.2, 0.25) is 0 Å². The molecule has 10 heteroatoms. The molecule has 0 radical (unpaired) electrons. The third kappa shape index (κ3) is 5.52. The van der Waals surface area contributed by atoms with Crippen LogP contribution in [0.4, 0.5) is 15.8 Å². The lowest BCUT2D eigenvalue weighted by Crippen LogP contribution is -2.24. The van der Waals surface area contributed by atoms with Crippen LogP contribution in [0.1, 0.15) is 0 Å². The first-order chi connectivity index (χ1) is 12.4. The van der Waals surface area contributed by atoms with E-state index in [9.17, 15) is 24.1 Å². The average molecular weight is 427 g/mol. The fraction of sp³-hybridized carbons (Fsp3) is 0.125. The van der Waals surface area contributed by atoms with Gasteiger partial charge in [0.05, 0.1) is 10.6 Å². The summed E-state index contributed by atoms with van der Waals surface area (Å²) in [6.07, 6.45) is 0. The number of para-hydroxylation sites is 1. The van der Waals surface area contributed by atoms with Gasteiger partial charge in [0.1, 0.15) is 0 Å². The summed E-state index contributed by atoms with van der Waals surface area (Å²) in [7, 11) is 0. The molecule has 0 aliphatic rings. The van der Waals surface area contributed by atoms with Crippen molar-refractivity contribution in [3.05, 3.63) is 62.9 Å². The molecule has 2 aromatic carbocycles. The standard InChI is InChI=1S/C16H12BrFN2O6/c17-11-7-10(20(23)24)5-6-13(11)19-15(21)8-26-16(22)9-25-14-4-2-1-3-12(14)18/h1-7H,8-9H2,(H,19,21). The first kappa shape index (κ1) is 19.3. The summed E-state index contributed by atoms with van der Waals surface area (Å²) in [5, 5.41) is 13.1. The predicted molar refractivity (Wildman–Crippen MR) is 92.3 cm³/mol. The Kier molecular flexibility index (Phi) is 6.61. The smallest absolute Gasteiger partial charge is 0.344 e. The Labute approximate surface area is 155 Å². The van der Waals surface area contributed by atoms with E-state index < -0.39 is 35.8 Å². The third-order valence-electron chi connectivity index (χ3n) is 2.98. The number of benzene rings is 2. The molecule has 0 aromatic heterocycles. The summed E-state index contributed by atoms with van der Waals surface area (Å²) in [5.74, 6) is -2.24. The van der Waals surface area contributed by atoms with E-state index in [0.717, 1.165) is 0 Å². The number of ether oxygens (including phenoxy) is 2. The zero-order chi connectivity index (χ0) is 19.1. The van der Waals surface area contributed by atoms with Gasteiger partial charge in [0, 0.05) is 16.6 Å². The van der Waals surface area contributed by atoms with E-state index in [4.69, 9.17) is 9.47 Å². The molecule has 1 amide bonds. The van der Waals surface area contributed by atoms with Gasteiger partial charge in [-0.1, -0.05) is 12.1 Å². The number of carbonyl (C=O) groups excluding carboxylic acids is 2. The summed E-state index contributed by atoms with van der Waals surface area (Å²) in [5.41, 5.74) is 0.130. The molecule has 0 aliphatic heterocycles. The molecule has 1 N–H and O–H groups in total. The van der Waals surface area contributed by atoms with Crippen molar-refractivity contribution in [2.75, 3.05) is 18.5 Å². The van der Waals surface area contributed by atoms with Crippen LogP contribution in [0.25, 0.3) is 0 Å². The fourth-order valence-electron chi connectivity index (χ4n) is 1.79. The summed E-state index contributed by atoms with van der Waals surface area (Å²) < 4.78 is 23.3. The number of nitrogens with one attached hydrogen (secondary N) is 1. The van der Waals surface area contributed by atoms with Gasteiger partial charge in [-0.25, -0.2) is 9.18 Å². The van der Waals surface area contributed by atoms with Crippen LogP contribution in [0, 0.1) is 15.9 Å². The normalized spacial score (nSPS) is 10.1. The van der Waals surface area contributed by atoms with Gasteiger partial charge in [0.25, 0.3) is 11.6 Å². The van der Waals surface area contributed by atoms with E-state index in [1.165, 1.54) is 36.4 Å². The lowest BCUT2D eigenvalue weighted by molar-refractivity contribution is -0.384. The second-order valence-electron chi connectivity index (χ2n) is 4.85. The van der Waals surface area contributed by atoms with Crippen LogP contribution in [0.3, 0.4) is 0 Å². The van der Waals surface area contributed by atoms with E-state index in [1.807, 2.05) is 0 Å². The number of nitro benzene ring substituents is 1. The van der Waals surface area contributed by atoms with E-state index in [-0.39, 0.29) is 17.1 Å². The minimum Gasteiger partial charge on any atom is -0.479 e. The second-order valence-corrected chi connectivity index (χ2v) is 5.70. The quantitative estimate of drug-likeness (QED) is 0.414. The van der Waals surface area contributed by atoms with Crippen molar-refractivity contribution in [1.82, 2.24) is 0 Å². The summed E-state index contributed by atoms with van der Waals surface area (Å²) in [6, 6.07) is 9.32. The Hall–Kier alpha value is -3.01. The molecule has 0 spiro atoms. The van der Waals surface area contributed by atoms with Crippen molar-refractivity contribution in [2.24, 2.45) is 0 Å². The highest BCUT2D eigenvalue weighted by Gasteiger charge is 2.13. The first-order valence-electron chi connectivity index (χ1n) is 7.13. The van der Waals surface area contributed by atoms with Crippen molar-refractivity contribution in [1.29, 1.82) is 0 Å². The van der Waals surface area contributed by atoms with Gasteiger partial charge in [-0.3, -0.25) is 14.9 Å². The van der Waals surface area contributed by atoms with E-state index in [0.29, 0.717) is 4.47 Å². The molecule has 0 fully saturated rings. The number of halogens is 2. The van der Waals surface area contributed by atoms with Crippen LogP contribution in [-0.2, 0) is 14.3 Å². The van der Waals surface area contributed by atoms with Crippen molar-refractivity contribution in [3.8, 4) is 5.75 Å². The topological polar surface area (TPSA) is 108 Å². The number of rotatable bonds is 7. The maximum Gasteiger partial charge on any atom is 0.344 e. The number of nitrogens with zero attached hydrogens (tertiary/aromatic N) is 1.